The van der Waals surface area contributed by atoms with Crippen molar-refractivity contribution in [2.45, 2.75) is 0 Å². The van der Waals surface area contributed by atoms with Crippen molar-refractivity contribution in [3.05, 3.63) is 0 Å². The summed E-state index contributed by atoms with van der Waals surface area (Å²) >= 11 is -2.35. The van der Waals surface area contributed by atoms with Gasteiger partial charge in [-0.2, -0.15) is 8.42 Å². The van der Waals surface area contributed by atoms with Crippen LogP contribution in [-0.2, 0) is 25.4 Å². The lowest BCUT2D eigenvalue weighted by Crippen LogP contribution is -2.11. The third kappa shape index (κ3) is 4.52. The molecule has 0 radical (unpaired) electrons. The molecule has 0 spiro atoms. The molecule has 0 saturated heterocycles. The molecule has 0 heterocycles. The van der Waals surface area contributed by atoms with Crippen LogP contribution in [0.3, 0.4) is 0 Å². The lowest BCUT2D eigenvalue weighted by Gasteiger charge is -1.93. The first kappa shape index (κ1) is 9.02. The molecule has 0 aromatic heterocycles. The van der Waals surface area contributed by atoms with E-state index in [1.165, 1.54) is 0 Å². The van der Waals surface area contributed by atoms with Gasteiger partial charge >= 0.3 is 0 Å². The smallest absolute Gasteiger partial charge is 0.281 e. The minimum absolute atomic E-state index is 0.872. The van der Waals surface area contributed by atoms with E-state index in [2.05, 4.69) is 4.18 Å². The van der Waals surface area contributed by atoms with Crippen LogP contribution in [0, 0.1) is 0 Å². The van der Waals surface area contributed by atoms with E-state index >= 15 is 0 Å². The molecular formula is C2H6O5S2. The number of hydrogen-bond acceptors (Lipinski definition) is 4. The summed E-state index contributed by atoms with van der Waals surface area (Å²) < 4.78 is 42.2. The standard InChI is InChI=1S/C2H6O5S2/c1-7-9(5,6)2-8(3)4/h2H2,1H3,(H,3,4). The molecule has 1 unspecified atom stereocenters. The van der Waals surface area contributed by atoms with Crippen LogP contribution in [0.1, 0.15) is 0 Å². The van der Waals surface area contributed by atoms with Crippen LogP contribution in [-0.4, -0.2) is 29.4 Å². The highest BCUT2D eigenvalue weighted by atomic mass is 32.3. The van der Waals surface area contributed by atoms with Gasteiger partial charge in [0.05, 0.1) is 7.11 Å². The first-order chi connectivity index (χ1) is 3.98. The molecule has 0 aromatic rings. The van der Waals surface area contributed by atoms with Gasteiger partial charge in [-0.05, 0) is 0 Å². The fraction of sp³-hybridized carbons (Fsp3) is 1.00. The van der Waals surface area contributed by atoms with Crippen molar-refractivity contribution in [1.82, 2.24) is 0 Å². The molecule has 0 bridgehead atoms. The fourth-order valence-corrected chi connectivity index (χ4v) is 1.54. The second-order valence-electron chi connectivity index (χ2n) is 1.16. The SMILES string of the molecule is COS(=O)(=O)CS(=O)O. The highest BCUT2D eigenvalue weighted by Crippen LogP contribution is 1.90. The van der Waals surface area contributed by atoms with Crippen LogP contribution in [0.2, 0.25) is 0 Å². The Kier molecular flexibility index (Phi) is 3.26. The monoisotopic (exact) mass is 174 g/mol. The predicted octanol–water partition coefficient (Wildman–Crippen LogP) is -0.858. The lowest BCUT2D eigenvalue weighted by atomic mass is 11.8. The van der Waals surface area contributed by atoms with Gasteiger partial charge in [-0.3, -0.25) is 4.18 Å². The van der Waals surface area contributed by atoms with E-state index < -0.39 is 26.3 Å². The lowest BCUT2D eigenvalue weighted by molar-refractivity contribution is 0.401. The van der Waals surface area contributed by atoms with Gasteiger partial charge in [0, 0.05) is 0 Å². The first-order valence-electron chi connectivity index (χ1n) is 1.83. The maximum Gasteiger partial charge on any atom is 0.281 e. The largest absolute Gasteiger partial charge is 0.305 e. The third-order valence-corrected chi connectivity index (χ3v) is 2.97. The Hall–Kier alpha value is 0.0200. The molecule has 0 fully saturated rings. The summed E-state index contributed by atoms with van der Waals surface area (Å²) in [7, 11) is -2.84. The van der Waals surface area contributed by atoms with E-state index in [1.807, 2.05) is 0 Å². The van der Waals surface area contributed by atoms with Gasteiger partial charge in [0.1, 0.15) is 0 Å². The van der Waals surface area contributed by atoms with Crippen molar-refractivity contribution in [1.29, 1.82) is 0 Å². The summed E-state index contributed by atoms with van der Waals surface area (Å²) in [4.78, 5) is 0. The summed E-state index contributed by atoms with van der Waals surface area (Å²) in [6.45, 7) is 0. The quantitative estimate of drug-likeness (QED) is 0.445. The van der Waals surface area contributed by atoms with Gasteiger partial charge in [-0.15, -0.1) is 0 Å². The molecule has 0 amide bonds. The van der Waals surface area contributed by atoms with E-state index in [1.54, 1.807) is 0 Å². The van der Waals surface area contributed by atoms with Gasteiger partial charge in [-0.25, -0.2) is 4.21 Å². The topological polar surface area (TPSA) is 80.7 Å². The molecule has 56 valence electrons. The molecule has 0 rings (SSSR count). The second kappa shape index (κ2) is 3.25. The van der Waals surface area contributed by atoms with Gasteiger partial charge in [0.25, 0.3) is 10.1 Å². The van der Waals surface area contributed by atoms with Crippen molar-refractivity contribution >= 4 is 21.2 Å². The molecule has 9 heavy (non-hydrogen) atoms. The average Bonchev–Trinajstić information content (AvgIpc) is 1.63. The Morgan fingerprint density at radius 3 is 2.22 bits per heavy atom. The second-order valence-corrected chi connectivity index (χ2v) is 4.20. The summed E-state index contributed by atoms with van der Waals surface area (Å²) in [6.07, 6.45) is 0. The zero-order chi connectivity index (χ0) is 7.49. The van der Waals surface area contributed by atoms with Gasteiger partial charge in [-0.1, -0.05) is 0 Å². The fourth-order valence-electron chi connectivity index (χ4n) is 0.172. The summed E-state index contributed by atoms with van der Waals surface area (Å²) in [5.74, 6) is 0. The van der Waals surface area contributed by atoms with Crippen LogP contribution >= 0.6 is 0 Å². The summed E-state index contributed by atoms with van der Waals surface area (Å²) in [5.41, 5.74) is 0. The Morgan fingerprint density at radius 1 is 1.67 bits per heavy atom. The normalized spacial score (nSPS) is 15.3. The minimum atomic E-state index is -3.77. The Morgan fingerprint density at radius 2 is 2.11 bits per heavy atom. The molecule has 0 aliphatic carbocycles. The molecule has 0 saturated carbocycles. The van der Waals surface area contributed by atoms with Gasteiger partial charge in [0.15, 0.2) is 16.2 Å². The molecule has 0 aliphatic heterocycles. The minimum Gasteiger partial charge on any atom is -0.305 e. The molecule has 7 heteroatoms. The van der Waals surface area contributed by atoms with E-state index in [0.29, 0.717) is 0 Å². The van der Waals surface area contributed by atoms with E-state index in [4.69, 9.17) is 4.55 Å². The van der Waals surface area contributed by atoms with Crippen LogP contribution < -0.4 is 0 Å². The summed E-state index contributed by atoms with van der Waals surface area (Å²) in [6, 6.07) is 0. The highest BCUT2D eigenvalue weighted by molar-refractivity contribution is 8.00. The first-order valence-corrected chi connectivity index (χ1v) is 4.69. The Bertz CT molecular complexity index is 191. The average molecular weight is 174 g/mol. The molecule has 0 aromatic carbocycles. The molecule has 1 N–H and O–H groups in total. The van der Waals surface area contributed by atoms with Crippen LogP contribution in [0.15, 0.2) is 0 Å². The molecule has 0 aliphatic rings. The van der Waals surface area contributed by atoms with Gasteiger partial charge < -0.3 is 4.55 Å². The van der Waals surface area contributed by atoms with E-state index in [0.717, 1.165) is 7.11 Å². The third-order valence-electron chi connectivity index (χ3n) is 0.499. The van der Waals surface area contributed by atoms with Crippen LogP contribution in [0.25, 0.3) is 0 Å². The van der Waals surface area contributed by atoms with Gasteiger partial charge in [0.2, 0.25) is 0 Å². The van der Waals surface area contributed by atoms with Crippen molar-refractivity contribution in [2.24, 2.45) is 0 Å². The van der Waals surface area contributed by atoms with Crippen molar-refractivity contribution < 1.29 is 21.4 Å². The number of hydrogen-bond donors (Lipinski definition) is 1. The van der Waals surface area contributed by atoms with Crippen molar-refractivity contribution in [2.75, 3.05) is 12.2 Å². The van der Waals surface area contributed by atoms with E-state index in [-0.39, 0.29) is 0 Å². The molecule has 1 atom stereocenters. The zero-order valence-electron chi connectivity index (χ0n) is 4.60. The van der Waals surface area contributed by atoms with Crippen LogP contribution in [0.5, 0.6) is 0 Å². The highest BCUT2D eigenvalue weighted by Gasteiger charge is 2.11. The Balaban J connectivity index is 4.06. The van der Waals surface area contributed by atoms with Crippen molar-refractivity contribution in [3.63, 3.8) is 0 Å². The zero-order valence-corrected chi connectivity index (χ0v) is 6.24. The number of rotatable bonds is 3. The maximum absolute atomic E-state index is 10.2. The molecular weight excluding hydrogens is 168 g/mol. The summed E-state index contributed by atoms with van der Waals surface area (Å²) in [5, 5.41) is -0.872. The van der Waals surface area contributed by atoms with E-state index in [9.17, 15) is 12.6 Å². The molecule has 5 nitrogen and oxygen atoms in total. The van der Waals surface area contributed by atoms with Crippen molar-refractivity contribution in [3.8, 4) is 0 Å². The Labute approximate surface area is 55.4 Å². The maximum atomic E-state index is 10.2. The van der Waals surface area contributed by atoms with Crippen LogP contribution in [0.4, 0.5) is 0 Å². The predicted molar refractivity (Wildman–Crippen MR) is 31.6 cm³/mol.